The molecule has 5 N–H and O–H groups in total. The van der Waals surface area contributed by atoms with Crippen molar-refractivity contribution in [2.24, 2.45) is 5.73 Å². The average molecular weight is 522 g/mol. The topological polar surface area (TPSA) is 117 Å². The zero-order valence-electron chi connectivity index (χ0n) is 17.4. The first-order chi connectivity index (χ1) is 16.0. The molecule has 1 aliphatic heterocycles. The lowest BCUT2D eigenvalue weighted by molar-refractivity contribution is -0.122. The van der Waals surface area contributed by atoms with Gasteiger partial charge in [0.15, 0.2) is 5.17 Å². The molecule has 0 saturated heterocycles. The van der Waals surface area contributed by atoms with E-state index in [4.69, 9.17) is 11.1 Å². The van der Waals surface area contributed by atoms with E-state index in [2.05, 4.69) is 30.8 Å². The summed E-state index contributed by atoms with van der Waals surface area (Å²) >= 11 is 4.95. The number of thioether (sulfide) groups is 1. The molecule has 3 heterocycles. The van der Waals surface area contributed by atoms with E-state index in [1.54, 1.807) is 6.20 Å². The molecule has 0 unspecified atom stereocenters. The number of nitrogens with one attached hydrogen (secondary N) is 3. The highest BCUT2D eigenvalue weighted by Crippen LogP contribution is 2.39. The van der Waals surface area contributed by atoms with Crippen LogP contribution in [0.2, 0.25) is 0 Å². The molecule has 0 aliphatic carbocycles. The van der Waals surface area contributed by atoms with E-state index in [1.165, 1.54) is 11.8 Å². The van der Waals surface area contributed by atoms with Gasteiger partial charge in [0.05, 0.1) is 16.7 Å². The Morgan fingerprint density at radius 2 is 1.76 bits per heavy atom. The normalized spacial score (nSPS) is 14.0. The molecular formula is C24H20BrN5O2S. The van der Waals surface area contributed by atoms with Crippen molar-refractivity contribution in [3.05, 3.63) is 70.5 Å². The predicted octanol–water partition coefficient (Wildman–Crippen LogP) is 4.47. The number of imide groups is 1. The van der Waals surface area contributed by atoms with Gasteiger partial charge in [-0.1, -0.05) is 42.1 Å². The Hall–Kier alpha value is -3.30. The van der Waals surface area contributed by atoms with E-state index >= 15 is 0 Å². The second-order valence-corrected chi connectivity index (χ2v) is 9.71. The Morgan fingerprint density at radius 1 is 1.03 bits per heavy atom. The van der Waals surface area contributed by atoms with Crippen molar-refractivity contribution >= 4 is 77.6 Å². The van der Waals surface area contributed by atoms with E-state index in [9.17, 15) is 9.59 Å². The summed E-state index contributed by atoms with van der Waals surface area (Å²) in [7, 11) is 0. The van der Waals surface area contributed by atoms with Crippen LogP contribution in [0.3, 0.4) is 0 Å². The van der Waals surface area contributed by atoms with Crippen molar-refractivity contribution < 1.29 is 9.59 Å². The summed E-state index contributed by atoms with van der Waals surface area (Å²) in [6.07, 6.45) is 4.52. The van der Waals surface area contributed by atoms with Gasteiger partial charge < -0.3 is 15.3 Å². The summed E-state index contributed by atoms with van der Waals surface area (Å²) in [5.41, 5.74) is 9.49. The first-order valence-electron chi connectivity index (χ1n) is 10.4. The molecule has 0 bridgehead atoms. The first kappa shape index (κ1) is 21.5. The molecule has 5 rings (SSSR count). The molecule has 7 nitrogen and oxygen atoms in total. The number of rotatable bonds is 6. The van der Waals surface area contributed by atoms with Crippen molar-refractivity contribution in [1.82, 2.24) is 14.9 Å². The molecule has 2 amide bonds. The molecule has 0 atom stereocenters. The van der Waals surface area contributed by atoms with E-state index in [0.29, 0.717) is 28.8 Å². The fraction of sp³-hybridized carbons (Fsp3) is 0.125. The van der Waals surface area contributed by atoms with Gasteiger partial charge in [-0.25, -0.2) is 0 Å². The van der Waals surface area contributed by atoms with Gasteiger partial charge in [-0.2, -0.15) is 0 Å². The van der Waals surface area contributed by atoms with Crippen LogP contribution in [0, 0.1) is 5.41 Å². The summed E-state index contributed by atoms with van der Waals surface area (Å²) in [6, 6.07) is 13.6. The molecular weight excluding hydrogens is 502 g/mol. The van der Waals surface area contributed by atoms with Gasteiger partial charge in [-0.15, -0.1) is 0 Å². The number of H-pyrrole nitrogens is 1. The highest BCUT2D eigenvalue weighted by atomic mass is 79.9. The largest absolute Gasteiger partial charge is 0.379 e. The van der Waals surface area contributed by atoms with Gasteiger partial charge in [-0.05, 0) is 34.5 Å². The molecule has 0 spiro atoms. The Kier molecular flexibility index (Phi) is 5.59. The maximum atomic E-state index is 13.0. The van der Waals surface area contributed by atoms with Crippen LogP contribution in [0.15, 0.2) is 59.3 Å². The van der Waals surface area contributed by atoms with Crippen LogP contribution in [0.25, 0.3) is 33.0 Å². The number of aromatic nitrogens is 2. The Labute approximate surface area is 202 Å². The van der Waals surface area contributed by atoms with Crippen LogP contribution in [0.5, 0.6) is 0 Å². The fourth-order valence-electron chi connectivity index (χ4n) is 4.35. The second kappa shape index (κ2) is 8.57. The van der Waals surface area contributed by atoms with E-state index in [1.807, 2.05) is 48.7 Å². The van der Waals surface area contributed by atoms with Crippen LogP contribution < -0.4 is 11.1 Å². The monoisotopic (exact) mass is 521 g/mol. The third-order valence-electron chi connectivity index (χ3n) is 5.71. The molecule has 0 radical (unpaired) electrons. The fourth-order valence-corrected chi connectivity index (χ4v) is 5.44. The van der Waals surface area contributed by atoms with Crippen LogP contribution in [-0.4, -0.2) is 32.3 Å². The number of nitrogens with zero attached hydrogens (tertiary/aromatic N) is 1. The predicted molar refractivity (Wildman–Crippen MR) is 137 cm³/mol. The number of nitrogens with two attached hydrogens (primary N) is 1. The third kappa shape index (κ3) is 3.77. The van der Waals surface area contributed by atoms with Crippen molar-refractivity contribution in [2.45, 2.75) is 13.0 Å². The smallest absolute Gasteiger partial charge is 0.259 e. The SMILES string of the molecule is N=C(N)SCCCn1cc(C2=C(c3c[nH]c4ccccc34)C(=O)NC2=O)c2cccc(Br)c21. The van der Waals surface area contributed by atoms with Crippen molar-refractivity contribution in [3.8, 4) is 0 Å². The highest BCUT2D eigenvalue weighted by Gasteiger charge is 2.35. The van der Waals surface area contributed by atoms with Gasteiger partial charge in [0.25, 0.3) is 11.8 Å². The molecule has 9 heteroatoms. The molecule has 2 aromatic carbocycles. The van der Waals surface area contributed by atoms with Crippen LogP contribution in [-0.2, 0) is 16.1 Å². The molecule has 0 fully saturated rings. The number of hydrogen-bond acceptors (Lipinski definition) is 4. The summed E-state index contributed by atoms with van der Waals surface area (Å²) in [6.45, 7) is 0.685. The zero-order valence-corrected chi connectivity index (χ0v) is 19.8. The summed E-state index contributed by atoms with van der Waals surface area (Å²) < 4.78 is 3.00. The minimum absolute atomic E-state index is 0.101. The summed E-state index contributed by atoms with van der Waals surface area (Å²) in [5, 5.41) is 11.8. The maximum absolute atomic E-state index is 13.0. The van der Waals surface area contributed by atoms with Gasteiger partial charge in [0.1, 0.15) is 0 Å². The van der Waals surface area contributed by atoms with Gasteiger partial charge in [0.2, 0.25) is 0 Å². The maximum Gasteiger partial charge on any atom is 0.259 e. The third-order valence-corrected chi connectivity index (χ3v) is 7.15. The van der Waals surface area contributed by atoms with E-state index in [-0.39, 0.29) is 5.17 Å². The highest BCUT2D eigenvalue weighted by molar-refractivity contribution is 9.10. The molecule has 2 aromatic heterocycles. The van der Waals surface area contributed by atoms with Gasteiger partial charge >= 0.3 is 0 Å². The number of carbonyl (C=O) groups is 2. The van der Waals surface area contributed by atoms with E-state index < -0.39 is 11.8 Å². The summed E-state index contributed by atoms with van der Waals surface area (Å²) in [4.78, 5) is 29.2. The molecule has 0 saturated carbocycles. The molecule has 1 aliphatic rings. The molecule has 33 heavy (non-hydrogen) atoms. The minimum Gasteiger partial charge on any atom is -0.379 e. The Bertz CT molecular complexity index is 1480. The standard InChI is InChI=1S/C24H20BrN5O2S/c25-17-7-3-6-14-16(12-30(21(14)17)9-4-10-33-24(26)27)20-19(22(31)29-23(20)32)15-11-28-18-8-2-1-5-13(15)18/h1-3,5-8,11-12,28H,4,9-10H2,(H3,26,27)(H,29,31,32). The quantitative estimate of drug-likeness (QED) is 0.129. The lowest BCUT2D eigenvalue weighted by Crippen LogP contribution is -2.22. The number of halogens is 1. The number of aromatic amines is 1. The number of aryl methyl sites for hydroxylation is 1. The lowest BCUT2D eigenvalue weighted by atomic mass is 9.95. The van der Waals surface area contributed by atoms with Gasteiger partial charge in [-0.3, -0.25) is 20.3 Å². The van der Waals surface area contributed by atoms with Crippen molar-refractivity contribution in [2.75, 3.05) is 5.75 Å². The number of para-hydroxylation sites is 2. The van der Waals surface area contributed by atoms with Crippen LogP contribution in [0.1, 0.15) is 17.5 Å². The Balaban J connectivity index is 1.68. The van der Waals surface area contributed by atoms with E-state index in [0.717, 1.165) is 38.5 Å². The molecule has 4 aromatic rings. The Morgan fingerprint density at radius 3 is 2.55 bits per heavy atom. The summed E-state index contributed by atoms with van der Waals surface area (Å²) in [5.74, 6) is -0.0724. The zero-order chi connectivity index (χ0) is 23.1. The second-order valence-electron chi connectivity index (χ2n) is 7.72. The number of benzene rings is 2. The number of amidine groups is 1. The van der Waals surface area contributed by atoms with Crippen molar-refractivity contribution in [3.63, 3.8) is 0 Å². The lowest BCUT2D eigenvalue weighted by Gasteiger charge is -2.06. The molecule has 166 valence electrons. The number of hydrogen-bond donors (Lipinski definition) is 4. The number of carbonyl (C=O) groups excluding carboxylic acids is 2. The average Bonchev–Trinajstić information content (AvgIpc) is 3.44. The number of fused-ring (bicyclic) bond motifs is 2. The first-order valence-corrected chi connectivity index (χ1v) is 12.1. The number of amides is 2. The van der Waals surface area contributed by atoms with Gasteiger partial charge in [0, 0.05) is 56.6 Å². The minimum atomic E-state index is -0.397. The van der Waals surface area contributed by atoms with Crippen LogP contribution >= 0.6 is 27.7 Å². The van der Waals surface area contributed by atoms with Crippen LogP contribution in [0.4, 0.5) is 0 Å². The van der Waals surface area contributed by atoms with Crippen molar-refractivity contribution in [1.29, 1.82) is 5.41 Å².